The van der Waals surface area contributed by atoms with E-state index in [1.165, 1.54) is 0 Å². The van der Waals surface area contributed by atoms with Gasteiger partial charge < -0.3 is 15.4 Å². The molecular formula is C17H27ClN2O2. The first kappa shape index (κ1) is 18.9. The van der Waals surface area contributed by atoms with Gasteiger partial charge in [0, 0.05) is 32.7 Å². The van der Waals surface area contributed by atoms with Gasteiger partial charge in [-0.2, -0.15) is 0 Å². The summed E-state index contributed by atoms with van der Waals surface area (Å²) >= 11 is 0. The average Bonchev–Trinajstić information content (AvgIpc) is 2.89. The monoisotopic (exact) mass is 326 g/mol. The van der Waals surface area contributed by atoms with Crippen molar-refractivity contribution in [2.45, 2.75) is 38.3 Å². The Hall–Kier alpha value is -1.10. The number of carbonyl (C=O) groups excluding carboxylic acids is 1. The third kappa shape index (κ3) is 5.59. The van der Waals surface area contributed by atoms with Gasteiger partial charge in [0.2, 0.25) is 5.91 Å². The van der Waals surface area contributed by atoms with Crippen molar-refractivity contribution in [2.24, 2.45) is 11.7 Å². The zero-order chi connectivity index (χ0) is 15.1. The van der Waals surface area contributed by atoms with Gasteiger partial charge in [0.25, 0.3) is 0 Å². The Bertz CT molecular complexity index is 442. The molecule has 1 amide bonds. The summed E-state index contributed by atoms with van der Waals surface area (Å²) in [5.74, 6) is 0.538. The number of amides is 1. The second kappa shape index (κ2) is 9.82. The van der Waals surface area contributed by atoms with Crippen LogP contribution in [0.3, 0.4) is 0 Å². The second-order valence-electron chi connectivity index (χ2n) is 5.85. The second-order valence-corrected chi connectivity index (χ2v) is 5.85. The molecule has 2 N–H and O–H groups in total. The lowest BCUT2D eigenvalue weighted by molar-refractivity contribution is -0.133. The van der Waals surface area contributed by atoms with E-state index in [-0.39, 0.29) is 24.4 Å². The Labute approximate surface area is 139 Å². The largest absolute Gasteiger partial charge is 0.383 e. The third-order valence-corrected chi connectivity index (χ3v) is 4.29. The van der Waals surface area contributed by atoms with Gasteiger partial charge in [-0.05, 0) is 24.3 Å². The first-order valence-electron chi connectivity index (χ1n) is 7.77. The Kier molecular flexibility index (Phi) is 8.46. The summed E-state index contributed by atoms with van der Waals surface area (Å²) in [6.07, 6.45) is 3.85. The van der Waals surface area contributed by atoms with Crippen LogP contribution < -0.4 is 5.73 Å². The highest BCUT2D eigenvalue weighted by Gasteiger charge is 2.27. The van der Waals surface area contributed by atoms with Crippen molar-refractivity contribution in [1.82, 2.24) is 4.90 Å². The van der Waals surface area contributed by atoms with Crippen LogP contribution in [0, 0.1) is 5.92 Å². The van der Waals surface area contributed by atoms with Crippen molar-refractivity contribution >= 4 is 18.3 Å². The smallest absolute Gasteiger partial charge is 0.223 e. The molecule has 1 fully saturated rings. The number of nitrogens with zero attached hydrogens (tertiary/aromatic N) is 1. The summed E-state index contributed by atoms with van der Waals surface area (Å²) in [5.41, 5.74) is 7.24. The number of nitrogens with two attached hydrogens (primary N) is 1. The molecule has 0 spiro atoms. The summed E-state index contributed by atoms with van der Waals surface area (Å²) in [4.78, 5) is 14.5. The van der Waals surface area contributed by atoms with E-state index >= 15 is 0 Å². The van der Waals surface area contributed by atoms with Crippen molar-refractivity contribution in [3.63, 3.8) is 0 Å². The van der Waals surface area contributed by atoms with E-state index in [9.17, 15) is 4.79 Å². The molecule has 5 heteroatoms. The van der Waals surface area contributed by atoms with Gasteiger partial charge >= 0.3 is 0 Å². The molecule has 0 saturated heterocycles. The quantitative estimate of drug-likeness (QED) is 0.838. The summed E-state index contributed by atoms with van der Waals surface area (Å²) in [7, 11) is 1.66. The Morgan fingerprint density at radius 1 is 1.32 bits per heavy atom. The predicted molar refractivity (Wildman–Crippen MR) is 90.9 cm³/mol. The van der Waals surface area contributed by atoms with E-state index in [0.29, 0.717) is 32.0 Å². The molecule has 1 aromatic rings. The van der Waals surface area contributed by atoms with Crippen molar-refractivity contribution in [3.8, 4) is 0 Å². The highest BCUT2D eigenvalue weighted by Crippen LogP contribution is 2.27. The van der Waals surface area contributed by atoms with E-state index in [1.807, 2.05) is 35.2 Å². The Morgan fingerprint density at radius 3 is 2.64 bits per heavy atom. The molecule has 1 saturated carbocycles. The lowest BCUT2D eigenvalue weighted by Crippen LogP contribution is -2.36. The first-order valence-corrected chi connectivity index (χ1v) is 7.77. The standard InChI is InChI=1S/C17H26N2O2.ClH/c1-21-11-10-19(13-14-6-3-2-4-7-14)17(20)12-15-8-5-9-16(15)18;/h2-4,6-7,15-16H,5,8-13,18H2,1H3;1H/t15-,16+;/m0./s1. The van der Waals surface area contributed by atoms with Crippen molar-refractivity contribution < 1.29 is 9.53 Å². The van der Waals surface area contributed by atoms with E-state index in [2.05, 4.69) is 0 Å². The molecule has 0 heterocycles. The Morgan fingerprint density at radius 2 is 2.05 bits per heavy atom. The molecule has 2 rings (SSSR count). The minimum absolute atomic E-state index is 0. The molecule has 1 aromatic carbocycles. The van der Waals surface area contributed by atoms with Gasteiger partial charge in [0.15, 0.2) is 0 Å². The fourth-order valence-corrected chi connectivity index (χ4v) is 2.97. The molecule has 0 radical (unpaired) electrons. The zero-order valence-corrected chi connectivity index (χ0v) is 14.1. The van der Waals surface area contributed by atoms with Gasteiger partial charge in [-0.3, -0.25) is 4.79 Å². The minimum Gasteiger partial charge on any atom is -0.383 e. The van der Waals surface area contributed by atoms with E-state index in [4.69, 9.17) is 10.5 Å². The fourth-order valence-electron chi connectivity index (χ4n) is 2.97. The van der Waals surface area contributed by atoms with E-state index in [0.717, 1.165) is 24.8 Å². The molecule has 0 unspecified atom stereocenters. The number of carbonyl (C=O) groups is 1. The molecule has 2 atom stereocenters. The average molecular weight is 327 g/mol. The molecule has 1 aliphatic carbocycles. The van der Waals surface area contributed by atoms with Crippen LogP contribution in [-0.4, -0.2) is 37.1 Å². The molecule has 1 aliphatic rings. The number of rotatable bonds is 7. The number of methoxy groups -OCH3 is 1. The van der Waals surface area contributed by atoms with Gasteiger partial charge in [0.1, 0.15) is 0 Å². The van der Waals surface area contributed by atoms with Crippen LogP contribution in [0.1, 0.15) is 31.2 Å². The van der Waals surface area contributed by atoms with Gasteiger partial charge in [-0.1, -0.05) is 36.8 Å². The van der Waals surface area contributed by atoms with Gasteiger partial charge in [-0.15, -0.1) is 12.4 Å². The summed E-state index contributed by atoms with van der Waals surface area (Å²) in [5, 5.41) is 0. The highest BCUT2D eigenvalue weighted by molar-refractivity contribution is 5.85. The lowest BCUT2D eigenvalue weighted by Gasteiger charge is -2.25. The molecule has 0 aromatic heterocycles. The van der Waals surface area contributed by atoms with Gasteiger partial charge in [-0.25, -0.2) is 0 Å². The maximum absolute atomic E-state index is 12.6. The van der Waals surface area contributed by atoms with Crippen LogP contribution in [0.5, 0.6) is 0 Å². The van der Waals surface area contributed by atoms with Crippen LogP contribution in [0.15, 0.2) is 30.3 Å². The topological polar surface area (TPSA) is 55.6 Å². The zero-order valence-electron chi connectivity index (χ0n) is 13.2. The molecule has 4 nitrogen and oxygen atoms in total. The van der Waals surface area contributed by atoms with Crippen molar-refractivity contribution in [2.75, 3.05) is 20.3 Å². The molecule has 0 aliphatic heterocycles. The SMILES string of the molecule is COCCN(Cc1ccccc1)C(=O)C[C@@H]1CCC[C@H]1N.Cl. The number of benzene rings is 1. The molecule has 124 valence electrons. The third-order valence-electron chi connectivity index (χ3n) is 4.29. The summed E-state index contributed by atoms with van der Waals surface area (Å²) < 4.78 is 5.13. The molecule has 0 bridgehead atoms. The van der Waals surface area contributed by atoms with Gasteiger partial charge in [0.05, 0.1) is 6.61 Å². The maximum atomic E-state index is 12.6. The number of hydrogen-bond donors (Lipinski definition) is 1. The molecular weight excluding hydrogens is 300 g/mol. The van der Waals surface area contributed by atoms with Crippen LogP contribution >= 0.6 is 12.4 Å². The summed E-state index contributed by atoms with van der Waals surface area (Å²) in [6.45, 7) is 1.84. The first-order chi connectivity index (χ1) is 10.2. The summed E-state index contributed by atoms with van der Waals surface area (Å²) in [6, 6.07) is 10.3. The Balaban J connectivity index is 0.00000242. The normalized spacial score (nSPS) is 20.5. The van der Waals surface area contributed by atoms with Crippen LogP contribution in [0.2, 0.25) is 0 Å². The lowest BCUT2D eigenvalue weighted by atomic mass is 9.99. The van der Waals surface area contributed by atoms with Crippen LogP contribution in [0.4, 0.5) is 0 Å². The van der Waals surface area contributed by atoms with Crippen LogP contribution in [-0.2, 0) is 16.1 Å². The minimum atomic E-state index is 0. The van der Waals surface area contributed by atoms with Crippen molar-refractivity contribution in [1.29, 1.82) is 0 Å². The number of ether oxygens (including phenoxy) is 1. The van der Waals surface area contributed by atoms with Crippen LogP contribution in [0.25, 0.3) is 0 Å². The number of halogens is 1. The molecule has 22 heavy (non-hydrogen) atoms. The highest BCUT2D eigenvalue weighted by atomic mass is 35.5. The fraction of sp³-hybridized carbons (Fsp3) is 0.588. The predicted octanol–water partition coefficient (Wildman–Crippen LogP) is 2.60. The van der Waals surface area contributed by atoms with E-state index < -0.39 is 0 Å². The van der Waals surface area contributed by atoms with Crippen molar-refractivity contribution in [3.05, 3.63) is 35.9 Å². The number of hydrogen-bond acceptors (Lipinski definition) is 3. The maximum Gasteiger partial charge on any atom is 0.223 e. The van der Waals surface area contributed by atoms with E-state index in [1.54, 1.807) is 7.11 Å².